The maximum Gasteiger partial charge on any atom is 0.416 e. The lowest BCUT2D eigenvalue weighted by atomic mass is 9.96. The average Bonchev–Trinajstić information content (AvgIpc) is 2.84. The summed E-state index contributed by atoms with van der Waals surface area (Å²) in [5, 5.41) is 0.349. The smallest absolute Gasteiger partial charge is 0.416 e. The lowest BCUT2D eigenvalue weighted by molar-refractivity contribution is -0.137. The molecule has 0 aromatic heterocycles. The summed E-state index contributed by atoms with van der Waals surface area (Å²) >= 11 is 12.0. The van der Waals surface area contributed by atoms with E-state index in [9.17, 15) is 18.0 Å². The first-order valence-electron chi connectivity index (χ1n) is 7.02. The summed E-state index contributed by atoms with van der Waals surface area (Å²) in [7, 11) is 0. The molecule has 2 aromatic carbocycles. The summed E-state index contributed by atoms with van der Waals surface area (Å²) in [5.74, 6) is -0.841. The van der Waals surface area contributed by atoms with Gasteiger partial charge in [0.05, 0.1) is 21.2 Å². The molecular formula is C17H10Cl2F3NO2. The Morgan fingerprint density at radius 1 is 1.08 bits per heavy atom. The molecular weight excluding hydrogens is 378 g/mol. The molecule has 2 aromatic rings. The van der Waals surface area contributed by atoms with Gasteiger partial charge < -0.3 is 10.5 Å². The van der Waals surface area contributed by atoms with Gasteiger partial charge in [0.15, 0.2) is 12.0 Å². The van der Waals surface area contributed by atoms with Gasteiger partial charge in [-0.15, -0.1) is 0 Å². The van der Waals surface area contributed by atoms with E-state index in [2.05, 4.69) is 0 Å². The van der Waals surface area contributed by atoms with Crippen molar-refractivity contribution in [3.8, 4) is 0 Å². The Morgan fingerprint density at radius 2 is 1.76 bits per heavy atom. The molecule has 0 aliphatic carbocycles. The van der Waals surface area contributed by atoms with Crippen molar-refractivity contribution in [2.45, 2.75) is 12.3 Å². The number of nitrogens with two attached hydrogens (primary N) is 1. The lowest BCUT2D eigenvalue weighted by Gasteiger charge is -2.13. The maximum absolute atomic E-state index is 12.9. The first-order chi connectivity index (χ1) is 11.7. The Bertz CT molecular complexity index is 894. The van der Waals surface area contributed by atoms with Crippen molar-refractivity contribution in [3.05, 3.63) is 75.1 Å². The van der Waals surface area contributed by atoms with Crippen LogP contribution in [0.2, 0.25) is 10.0 Å². The first kappa shape index (κ1) is 17.6. The summed E-state index contributed by atoms with van der Waals surface area (Å²) in [5.41, 5.74) is 5.07. The zero-order chi connectivity index (χ0) is 18.4. The minimum atomic E-state index is -4.54. The van der Waals surface area contributed by atoms with Crippen LogP contribution in [0.3, 0.4) is 0 Å². The number of carbonyl (C=O) groups is 1. The number of ketones is 1. The minimum Gasteiger partial charge on any atom is -0.462 e. The van der Waals surface area contributed by atoms with Crippen LogP contribution in [-0.4, -0.2) is 5.78 Å². The van der Waals surface area contributed by atoms with Crippen LogP contribution in [0.1, 0.15) is 22.8 Å². The largest absolute Gasteiger partial charge is 0.462 e. The molecule has 1 atom stereocenters. The quantitative estimate of drug-likeness (QED) is 0.790. The standard InChI is InChI=1S/C17H10Cl2F3NO2/c18-11-6-2-5-10(13(11)19)15-14(24)12(16(23)25-15)8-3-1-4-9(7-8)17(20,21)22/h1-7,15H,23H2. The number of hydrogen-bond donors (Lipinski definition) is 1. The van der Waals surface area contributed by atoms with E-state index in [1.165, 1.54) is 18.2 Å². The molecule has 2 N–H and O–H groups in total. The number of Topliss-reactive ketones (excluding diaryl/α,β-unsaturated/α-hetero) is 1. The predicted octanol–water partition coefficient (Wildman–Crippen LogP) is 4.98. The number of carbonyl (C=O) groups excluding carboxylic acids is 1. The topological polar surface area (TPSA) is 52.3 Å². The van der Waals surface area contributed by atoms with Crippen LogP contribution in [0.15, 0.2) is 48.3 Å². The molecule has 1 unspecified atom stereocenters. The Labute approximate surface area is 150 Å². The fourth-order valence-electron chi connectivity index (χ4n) is 2.56. The van der Waals surface area contributed by atoms with Crippen LogP contribution in [0, 0.1) is 0 Å². The third-order valence-corrected chi connectivity index (χ3v) is 4.55. The van der Waals surface area contributed by atoms with Crippen molar-refractivity contribution in [2.24, 2.45) is 5.73 Å². The third-order valence-electron chi connectivity index (χ3n) is 3.72. The van der Waals surface area contributed by atoms with Gasteiger partial charge in [-0.05, 0) is 23.8 Å². The van der Waals surface area contributed by atoms with Gasteiger partial charge in [-0.3, -0.25) is 4.79 Å². The van der Waals surface area contributed by atoms with Gasteiger partial charge >= 0.3 is 6.18 Å². The highest BCUT2D eigenvalue weighted by molar-refractivity contribution is 6.42. The second kappa shape index (κ2) is 6.28. The zero-order valence-electron chi connectivity index (χ0n) is 12.4. The van der Waals surface area contributed by atoms with E-state index >= 15 is 0 Å². The van der Waals surface area contributed by atoms with Crippen LogP contribution in [0.4, 0.5) is 13.2 Å². The molecule has 0 saturated carbocycles. The highest BCUT2D eigenvalue weighted by atomic mass is 35.5. The van der Waals surface area contributed by atoms with Gasteiger partial charge in [0.25, 0.3) is 0 Å². The van der Waals surface area contributed by atoms with Gasteiger partial charge in [-0.25, -0.2) is 0 Å². The summed E-state index contributed by atoms with van der Waals surface area (Å²) in [6.45, 7) is 0. The molecule has 0 bridgehead atoms. The molecule has 0 amide bonds. The number of hydrogen-bond acceptors (Lipinski definition) is 3. The highest BCUT2D eigenvalue weighted by Gasteiger charge is 2.38. The van der Waals surface area contributed by atoms with E-state index in [0.29, 0.717) is 5.56 Å². The lowest BCUT2D eigenvalue weighted by Crippen LogP contribution is -2.11. The van der Waals surface area contributed by atoms with Crippen molar-refractivity contribution < 1.29 is 22.7 Å². The summed E-state index contributed by atoms with van der Waals surface area (Å²) < 4.78 is 44.0. The fourth-order valence-corrected chi connectivity index (χ4v) is 2.96. The molecule has 130 valence electrons. The van der Waals surface area contributed by atoms with Crippen molar-refractivity contribution in [1.82, 2.24) is 0 Å². The van der Waals surface area contributed by atoms with E-state index in [1.54, 1.807) is 12.1 Å². The van der Waals surface area contributed by atoms with Gasteiger partial charge in [-0.2, -0.15) is 13.2 Å². The number of alkyl halides is 3. The van der Waals surface area contributed by atoms with Crippen LogP contribution in [0.25, 0.3) is 5.57 Å². The Hall–Kier alpha value is -2.18. The molecule has 25 heavy (non-hydrogen) atoms. The monoisotopic (exact) mass is 387 g/mol. The molecule has 0 spiro atoms. The van der Waals surface area contributed by atoms with E-state index in [-0.39, 0.29) is 27.1 Å². The number of benzene rings is 2. The number of rotatable bonds is 2. The van der Waals surface area contributed by atoms with Crippen LogP contribution >= 0.6 is 23.2 Å². The highest BCUT2D eigenvalue weighted by Crippen LogP contribution is 2.41. The SMILES string of the molecule is NC1=C(c2cccc(C(F)(F)F)c2)C(=O)C(c2cccc(Cl)c2Cl)O1. The zero-order valence-corrected chi connectivity index (χ0v) is 13.9. The summed E-state index contributed by atoms with van der Waals surface area (Å²) in [6, 6.07) is 8.98. The molecule has 3 nitrogen and oxygen atoms in total. The summed E-state index contributed by atoms with van der Waals surface area (Å²) in [6.07, 6.45) is -5.69. The van der Waals surface area contributed by atoms with Crippen LogP contribution in [0.5, 0.6) is 0 Å². The molecule has 1 heterocycles. The molecule has 1 aliphatic rings. The summed E-state index contributed by atoms with van der Waals surface area (Å²) in [4.78, 5) is 12.7. The maximum atomic E-state index is 12.9. The van der Waals surface area contributed by atoms with E-state index in [0.717, 1.165) is 12.1 Å². The van der Waals surface area contributed by atoms with Crippen molar-refractivity contribution in [3.63, 3.8) is 0 Å². The van der Waals surface area contributed by atoms with Gasteiger partial charge in [0.2, 0.25) is 5.78 Å². The van der Waals surface area contributed by atoms with Crippen molar-refractivity contribution in [1.29, 1.82) is 0 Å². The van der Waals surface area contributed by atoms with Gasteiger partial charge in [0, 0.05) is 5.56 Å². The predicted molar refractivity (Wildman–Crippen MR) is 87.8 cm³/mol. The molecule has 8 heteroatoms. The number of halogens is 5. The Balaban J connectivity index is 2.01. The minimum absolute atomic E-state index is 0.0259. The Kier molecular flexibility index (Phi) is 4.43. The second-order valence-electron chi connectivity index (χ2n) is 5.32. The van der Waals surface area contributed by atoms with Crippen molar-refractivity contribution >= 4 is 34.6 Å². The molecule has 0 saturated heterocycles. The van der Waals surface area contributed by atoms with E-state index in [4.69, 9.17) is 33.7 Å². The molecule has 3 rings (SSSR count). The number of ether oxygens (including phenoxy) is 1. The first-order valence-corrected chi connectivity index (χ1v) is 7.78. The second-order valence-corrected chi connectivity index (χ2v) is 6.11. The average molecular weight is 388 g/mol. The van der Waals surface area contributed by atoms with Crippen molar-refractivity contribution in [2.75, 3.05) is 0 Å². The normalized spacial score (nSPS) is 17.8. The third kappa shape index (κ3) is 3.19. The van der Waals surface area contributed by atoms with Gasteiger partial charge in [0.1, 0.15) is 0 Å². The van der Waals surface area contributed by atoms with Crippen LogP contribution in [-0.2, 0) is 15.7 Å². The molecule has 0 fully saturated rings. The van der Waals surface area contributed by atoms with Gasteiger partial charge in [-0.1, -0.05) is 47.5 Å². The molecule has 1 aliphatic heterocycles. The Morgan fingerprint density at radius 3 is 2.44 bits per heavy atom. The molecule has 0 radical (unpaired) electrons. The van der Waals surface area contributed by atoms with Crippen LogP contribution < -0.4 is 5.73 Å². The van der Waals surface area contributed by atoms with E-state index in [1.807, 2.05) is 0 Å². The van der Waals surface area contributed by atoms with E-state index < -0.39 is 23.6 Å². The fraction of sp³-hybridized carbons (Fsp3) is 0.118.